The summed E-state index contributed by atoms with van der Waals surface area (Å²) < 4.78 is 0. The molecule has 6 nitrogen and oxygen atoms in total. The van der Waals surface area contributed by atoms with Crippen molar-refractivity contribution in [3.63, 3.8) is 0 Å². The van der Waals surface area contributed by atoms with Gasteiger partial charge in [0.1, 0.15) is 0 Å². The van der Waals surface area contributed by atoms with Crippen LogP contribution in [0.5, 0.6) is 0 Å². The summed E-state index contributed by atoms with van der Waals surface area (Å²) in [6.07, 6.45) is 1.86. The fourth-order valence-corrected chi connectivity index (χ4v) is 2.73. The number of hydrogen-bond donors (Lipinski definition) is 2. The number of H-pyrrole nitrogens is 2. The Hall–Kier alpha value is -3.02. The van der Waals surface area contributed by atoms with Gasteiger partial charge in [-0.3, -0.25) is 9.89 Å². The summed E-state index contributed by atoms with van der Waals surface area (Å²) >= 11 is 0. The molecular weight excluding hydrogens is 326 g/mol. The highest BCUT2D eigenvalue weighted by Gasteiger charge is 2.22. The normalized spacial score (nSPS) is 11.0. The topological polar surface area (TPSA) is 68.0 Å². The van der Waals surface area contributed by atoms with Crippen molar-refractivity contribution in [2.75, 3.05) is 23.9 Å². The van der Waals surface area contributed by atoms with Gasteiger partial charge in [-0.05, 0) is 48.4 Å². The number of aromatic nitrogens is 3. The summed E-state index contributed by atoms with van der Waals surface area (Å²) in [6, 6.07) is 13.7. The van der Waals surface area contributed by atoms with E-state index in [1.54, 1.807) is 4.90 Å². The molecule has 136 valence electrons. The number of nitrogens with zero attached hydrogens (tertiary/aromatic N) is 3. The van der Waals surface area contributed by atoms with Crippen LogP contribution in [0.4, 0.5) is 11.4 Å². The number of carbonyl (C=O) groups is 1. The zero-order valence-electron chi connectivity index (χ0n) is 15.7. The summed E-state index contributed by atoms with van der Waals surface area (Å²) in [5.74, 6) is 0.167. The lowest BCUT2D eigenvalue weighted by Gasteiger charge is -2.22. The molecule has 3 aromatic rings. The van der Waals surface area contributed by atoms with E-state index in [2.05, 4.69) is 29.0 Å². The van der Waals surface area contributed by atoms with Crippen LogP contribution in [-0.4, -0.2) is 35.2 Å². The minimum absolute atomic E-state index is 0.125. The van der Waals surface area contributed by atoms with Crippen molar-refractivity contribution in [3.8, 4) is 0 Å². The smallest absolute Gasteiger partial charge is 0.279 e. The number of carbonyl (C=O) groups excluding carboxylic acids is 1. The van der Waals surface area contributed by atoms with Gasteiger partial charge in [0.25, 0.3) is 5.91 Å². The Kier molecular flexibility index (Phi) is 5.11. The minimum atomic E-state index is -0.125. The molecule has 0 unspecified atom stereocenters. The Bertz CT molecular complexity index is 847. The zero-order valence-corrected chi connectivity index (χ0v) is 15.7. The van der Waals surface area contributed by atoms with E-state index in [1.165, 1.54) is 0 Å². The van der Waals surface area contributed by atoms with Crippen LogP contribution in [0.25, 0.3) is 0 Å². The number of amides is 1. The van der Waals surface area contributed by atoms with Gasteiger partial charge in [0.05, 0.1) is 6.54 Å². The van der Waals surface area contributed by atoms with Crippen molar-refractivity contribution >= 4 is 17.3 Å². The summed E-state index contributed by atoms with van der Waals surface area (Å²) in [5.41, 5.74) is 4.27. The van der Waals surface area contributed by atoms with Gasteiger partial charge < -0.3 is 14.8 Å². The summed E-state index contributed by atoms with van der Waals surface area (Å²) in [4.78, 5) is 20.1. The third-order valence-corrected chi connectivity index (χ3v) is 4.35. The first-order chi connectivity index (χ1) is 12.5. The molecule has 2 N–H and O–H groups in total. The lowest BCUT2D eigenvalue weighted by Crippen LogP contribution is -2.31. The third kappa shape index (κ3) is 3.79. The average Bonchev–Trinajstić information content (AvgIpc) is 3.31. The van der Waals surface area contributed by atoms with E-state index >= 15 is 0 Å². The molecule has 0 atom stereocenters. The number of nitrogens with one attached hydrogen (secondary N) is 2. The second-order valence-electron chi connectivity index (χ2n) is 6.86. The van der Waals surface area contributed by atoms with Crippen LogP contribution in [0.1, 0.15) is 41.6 Å². The fourth-order valence-electron chi connectivity index (χ4n) is 2.73. The second kappa shape index (κ2) is 7.47. The van der Waals surface area contributed by atoms with Gasteiger partial charge in [0, 0.05) is 43.1 Å². The van der Waals surface area contributed by atoms with Crippen LogP contribution in [0, 0.1) is 0 Å². The van der Waals surface area contributed by atoms with Crippen molar-refractivity contribution in [1.29, 1.82) is 0 Å². The minimum Gasteiger partial charge on any atom is -0.378 e. The molecule has 0 saturated heterocycles. The van der Waals surface area contributed by atoms with Gasteiger partial charge in [0.15, 0.2) is 5.69 Å². The first-order valence-electron chi connectivity index (χ1n) is 8.72. The van der Waals surface area contributed by atoms with Crippen LogP contribution in [-0.2, 0) is 6.54 Å². The molecule has 6 heteroatoms. The van der Waals surface area contributed by atoms with E-state index < -0.39 is 0 Å². The largest absolute Gasteiger partial charge is 0.378 e. The van der Waals surface area contributed by atoms with Crippen LogP contribution < -0.4 is 9.80 Å². The maximum Gasteiger partial charge on any atom is 0.279 e. The molecule has 0 aliphatic carbocycles. The van der Waals surface area contributed by atoms with Crippen molar-refractivity contribution in [2.24, 2.45) is 0 Å². The van der Waals surface area contributed by atoms with Crippen molar-refractivity contribution < 1.29 is 4.79 Å². The fraction of sp³-hybridized carbons (Fsp3) is 0.300. The molecule has 0 radical (unpaired) electrons. The summed E-state index contributed by atoms with van der Waals surface area (Å²) in [5, 5.41) is 7.19. The van der Waals surface area contributed by atoms with Gasteiger partial charge in [-0.1, -0.05) is 13.8 Å². The number of benzene rings is 1. The van der Waals surface area contributed by atoms with Gasteiger partial charge in [0.2, 0.25) is 0 Å². The van der Waals surface area contributed by atoms with Crippen molar-refractivity contribution in [3.05, 3.63) is 65.7 Å². The van der Waals surface area contributed by atoms with Gasteiger partial charge >= 0.3 is 0 Å². The lowest BCUT2D eigenvalue weighted by molar-refractivity contribution is 0.0980. The molecule has 0 fully saturated rings. The van der Waals surface area contributed by atoms with Crippen LogP contribution >= 0.6 is 0 Å². The summed E-state index contributed by atoms with van der Waals surface area (Å²) in [6.45, 7) is 4.59. The standard InChI is InChI=1S/C20H25N5O/c1-14(2)18-12-19(23-22-18)20(26)25(13-15-6-5-11-21-15)17-9-7-16(8-10-17)24(3)4/h5-12,14,21H,13H2,1-4H3,(H,22,23). The highest BCUT2D eigenvalue weighted by molar-refractivity contribution is 6.04. The number of hydrogen-bond acceptors (Lipinski definition) is 3. The SMILES string of the molecule is CC(C)c1cc(C(=O)N(Cc2ccc[nH]2)c2ccc(N(C)C)cc2)n[nH]1. The molecule has 0 spiro atoms. The van der Waals surface area contributed by atoms with Gasteiger partial charge in [-0.25, -0.2) is 0 Å². The highest BCUT2D eigenvalue weighted by atomic mass is 16.2. The van der Waals surface area contributed by atoms with Crippen LogP contribution in [0.15, 0.2) is 48.7 Å². The number of aromatic amines is 2. The predicted molar refractivity (Wildman–Crippen MR) is 105 cm³/mol. The van der Waals surface area contributed by atoms with Gasteiger partial charge in [-0.15, -0.1) is 0 Å². The summed E-state index contributed by atoms with van der Waals surface area (Å²) in [7, 11) is 3.99. The molecule has 1 amide bonds. The van der Waals surface area contributed by atoms with Crippen LogP contribution in [0.2, 0.25) is 0 Å². The lowest BCUT2D eigenvalue weighted by atomic mass is 10.1. The monoisotopic (exact) mass is 351 g/mol. The molecule has 0 aliphatic rings. The molecule has 26 heavy (non-hydrogen) atoms. The highest BCUT2D eigenvalue weighted by Crippen LogP contribution is 2.23. The quantitative estimate of drug-likeness (QED) is 0.710. The van der Waals surface area contributed by atoms with Gasteiger partial charge in [-0.2, -0.15) is 5.10 Å². The molecule has 1 aromatic carbocycles. The molecule has 2 aromatic heterocycles. The van der Waals surface area contributed by atoms with E-state index in [1.807, 2.05) is 67.7 Å². The van der Waals surface area contributed by atoms with Crippen molar-refractivity contribution in [1.82, 2.24) is 15.2 Å². The molecule has 0 bridgehead atoms. The molecule has 0 aliphatic heterocycles. The van der Waals surface area contributed by atoms with E-state index in [4.69, 9.17) is 0 Å². The second-order valence-corrected chi connectivity index (χ2v) is 6.86. The Morgan fingerprint density at radius 3 is 2.35 bits per heavy atom. The maximum atomic E-state index is 13.1. The average molecular weight is 351 g/mol. The maximum absolute atomic E-state index is 13.1. The Morgan fingerprint density at radius 2 is 1.81 bits per heavy atom. The van der Waals surface area contributed by atoms with E-state index in [9.17, 15) is 4.79 Å². The first-order valence-corrected chi connectivity index (χ1v) is 8.72. The molecule has 2 heterocycles. The first kappa shape index (κ1) is 17.8. The third-order valence-electron chi connectivity index (χ3n) is 4.35. The molecule has 3 rings (SSSR count). The Labute approximate surface area is 153 Å². The Morgan fingerprint density at radius 1 is 1.12 bits per heavy atom. The Balaban J connectivity index is 1.92. The van der Waals surface area contributed by atoms with E-state index in [0.29, 0.717) is 18.2 Å². The molecule has 0 saturated carbocycles. The van der Waals surface area contributed by atoms with Crippen molar-refractivity contribution in [2.45, 2.75) is 26.3 Å². The van der Waals surface area contributed by atoms with E-state index in [0.717, 1.165) is 22.8 Å². The van der Waals surface area contributed by atoms with Crippen LogP contribution in [0.3, 0.4) is 0 Å². The number of anilines is 2. The number of rotatable bonds is 6. The zero-order chi connectivity index (χ0) is 18.7. The molecular formula is C20H25N5O. The predicted octanol–water partition coefficient (Wildman–Crippen LogP) is 3.77. The van der Waals surface area contributed by atoms with E-state index in [-0.39, 0.29) is 5.91 Å².